The van der Waals surface area contributed by atoms with Crippen molar-refractivity contribution in [2.75, 3.05) is 0 Å². The SMILES string of the molecule is [2H]C1([2H])C(Oc2ccc(Cl)cn2)[C@@H]2C[C@H]1[C@@H](C)N2. The van der Waals surface area contributed by atoms with Gasteiger partial charge in [0, 0.05) is 27.1 Å². The molecule has 1 aromatic rings. The van der Waals surface area contributed by atoms with Crippen LogP contribution in [-0.4, -0.2) is 23.2 Å². The van der Waals surface area contributed by atoms with Crippen LogP contribution in [0.3, 0.4) is 0 Å². The van der Waals surface area contributed by atoms with Gasteiger partial charge in [-0.25, -0.2) is 4.98 Å². The summed E-state index contributed by atoms with van der Waals surface area (Å²) < 4.78 is 22.1. The number of nitrogens with zero attached hydrogens (tertiary/aromatic N) is 1. The van der Waals surface area contributed by atoms with E-state index in [2.05, 4.69) is 10.3 Å². The highest BCUT2D eigenvalue weighted by molar-refractivity contribution is 6.30. The summed E-state index contributed by atoms with van der Waals surface area (Å²) in [5, 5.41) is 3.92. The Labute approximate surface area is 103 Å². The number of pyridine rings is 1. The Hall–Kier alpha value is -0.800. The van der Waals surface area contributed by atoms with Gasteiger partial charge in [0.25, 0.3) is 0 Å². The average Bonchev–Trinajstić information content (AvgIpc) is 2.79. The van der Waals surface area contributed by atoms with E-state index in [0.29, 0.717) is 10.9 Å². The van der Waals surface area contributed by atoms with Crippen LogP contribution in [0.15, 0.2) is 18.3 Å². The monoisotopic (exact) mass is 240 g/mol. The Morgan fingerprint density at radius 2 is 2.50 bits per heavy atom. The Bertz CT molecular complexity index is 454. The van der Waals surface area contributed by atoms with Gasteiger partial charge >= 0.3 is 0 Å². The third-order valence-corrected chi connectivity index (χ3v) is 3.50. The standard InChI is InChI=1S/C12H15ClN2O/c1-7-8-4-10(15-7)11(5-8)16-12-3-2-9(13)6-14-12/h2-3,6-8,10-11,15H,4-5H2,1H3/t7-,8-,10+,11?/m1/s1/i5D2. The van der Waals surface area contributed by atoms with Crippen molar-refractivity contribution in [3.63, 3.8) is 0 Å². The van der Waals surface area contributed by atoms with Gasteiger partial charge in [0.15, 0.2) is 0 Å². The number of halogens is 1. The molecule has 1 saturated carbocycles. The molecule has 0 aromatic carbocycles. The minimum Gasteiger partial charge on any atom is -0.473 e. The van der Waals surface area contributed by atoms with Gasteiger partial charge in [0.05, 0.1) is 5.02 Å². The summed E-state index contributed by atoms with van der Waals surface area (Å²) in [5.41, 5.74) is 0. The van der Waals surface area contributed by atoms with Gasteiger partial charge in [-0.3, -0.25) is 0 Å². The lowest BCUT2D eigenvalue weighted by Gasteiger charge is -2.27. The van der Waals surface area contributed by atoms with E-state index >= 15 is 0 Å². The summed E-state index contributed by atoms with van der Waals surface area (Å²) in [4.78, 5) is 4.06. The van der Waals surface area contributed by atoms with Gasteiger partial charge < -0.3 is 10.1 Å². The van der Waals surface area contributed by atoms with Crippen LogP contribution in [0, 0.1) is 5.92 Å². The third kappa shape index (κ3) is 1.78. The molecule has 4 heteroatoms. The first-order valence-corrected chi connectivity index (χ1v) is 5.90. The van der Waals surface area contributed by atoms with Crippen LogP contribution in [0.5, 0.6) is 5.88 Å². The van der Waals surface area contributed by atoms with Crippen molar-refractivity contribution >= 4 is 11.6 Å². The summed E-state index contributed by atoms with van der Waals surface area (Å²) in [6, 6.07) is 3.65. The van der Waals surface area contributed by atoms with Crippen molar-refractivity contribution < 1.29 is 7.48 Å². The predicted molar refractivity (Wildman–Crippen MR) is 62.8 cm³/mol. The molecule has 1 aliphatic carbocycles. The minimum absolute atomic E-state index is 0.0137. The summed E-state index contributed by atoms with van der Waals surface area (Å²) in [6.07, 6.45) is 0.547. The predicted octanol–water partition coefficient (Wildman–Crippen LogP) is 2.25. The second-order valence-corrected chi connectivity index (χ2v) is 4.86. The molecule has 1 N–H and O–H groups in total. The maximum Gasteiger partial charge on any atom is 0.213 e. The fourth-order valence-electron chi connectivity index (χ4n) is 2.43. The number of aromatic nitrogens is 1. The van der Waals surface area contributed by atoms with Crippen LogP contribution in [0.1, 0.15) is 22.5 Å². The molecule has 2 heterocycles. The molecule has 1 saturated heterocycles. The summed E-state index contributed by atoms with van der Waals surface area (Å²) >= 11 is 5.76. The highest BCUT2D eigenvalue weighted by Crippen LogP contribution is 2.37. The zero-order chi connectivity index (χ0) is 12.9. The smallest absolute Gasteiger partial charge is 0.213 e. The molecule has 1 aromatic heterocycles. The van der Waals surface area contributed by atoms with Gasteiger partial charge in [-0.1, -0.05) is 11.6 Å². The summed E-state index contributed by atoms with van der Waals surface area (Å²) in [6.45, 7) is 2.03. The quantitative estimate of drug-likeness (QED) is 0.861. The second-order valence-electron chi connectivity index (χ2n) is 4.42. The molecule has 2 bridgehead atoms. The van der Waals surface area contributed by atoms with E-state index in [-0.39, 0.29) is 18.0 Å². The van der Waals surface area contributed by atoms with Crippen molar-refractivity contribution in [2.24, 2.45) is 5.92 Å². The van der Waals surface area contributed by atoms with E-state index in [1.54, 1.807) is 12.1 Å². The van der Waals surface area contributed by atoms with Gasteiger partial charge in [-0.2, -0.15) is 0 Å². The molecule has 2 aliphatic rings. The molecule has 1 aliphatic heterocycles. The molecule has 16 heavy (non-hydrogen) atoms. The first-order valence-electron chi connectivity index (χ1n) is 6.53. The maximum absolute atomic E-state index is 8.20. The van der Waals surface area contributed by atoms with Crippen LogP contribution in [0.2, 0.25) is 5.02 Å². The number of hydrogen-bond acceptors (Lipinski definition) is 3. The van der Waals surface area contributed by atoms with Gasteiger partial charge in [0.1, 0.15) is 6.10 Å². The van der Waals surface area contributed by atoms with E-state index in [1.807, 2.05) is 6.92 Å². The Morgan fingerprint density at radius 3 is 3.12 bits per heavy atom. The maximum atomic E-state index is 8.20. The Morgan fingerprint density at radius 1 is 1.62 bits per heavy atom. The number of rotatable bonds is 2. The normalized spacial score (nSPS) is 41.6. The molecule has 86 valence electrons. The third-order valence-electron chi connectivity index (χ3n) is 3.28. The first kappa shape index (κ1) is 8.31. The van der Waals surface area contributed by atoms with Crippen LogP contribution in [0.25, 0.3) is 0 Å². The minimum atomic E-state index is -1.31. The van der Waals surface area contributed by atoms with Crippen LogP contribution in [0.4, 0.5) is 0 Å². The van der Waals surface area contributed by atoms with Crippen LogP contribution in [-0.2, 0) is 0 Å². The largest absolute Gasteiger partial charge is 0.473 e. The number of ether oxygens (including phenoxy) is 1. The summed E-state index contributed by atoms with van der Waals surface area (Å²) in [5.74, 6) is 0.440. The zero-order valence-electron chi connectivity index (χ0n) is 11.0. The Kier molecular flexibility index (Phi) is 2.02. The lowest BCUT2D eigenvalue weighted by molar-refractivity contribution is 0.139. The van der Waals surface area contributed by atoms with Crippen molar-refractivity contribution in [3.05, 3.63) is 23.4 Å². The average molecular weight is 241 g/mol. The number of nitrogens with one attached hydrogen (secondary N) is 1. The van der Waals surface area contributed by atoms with E-state index in [1.165, 1.54) is 6.20 Å². The molecular formula is C12H15ClN2O. The van der Waals surface area contributed by atoms with E-state index < -0.39 is 12.5 Å². The van der Waals surface area contributed by atoms with Crippen molar-refractivity contribution in [2.45, 2.75) is 37.9 Å². The molecule has 1 unspecified atom stereocenters. The van der Waals surface area contributed by atoms with E-state index in [4.69, 9.17) is 19.1 Å². The number of hydrogen-bond donors (Lipinski definition) is 1. The summed E-state index contributed by atoms with van der Waals surface area (Å²) in [7, 11) is 0. The lowest BCUT2D eigenvalue weighted by atomic mass is 10.0. The van der Waals surface area contributed by atoms with Crippen molar-refractivity contribution in [1.29, 1.82) is 0 Å². The highest BCUT2D eigenvalue weighted by Gasteiger charge is 2.44. The number of piperidine rings is 1. The second kappa shape index (κ2) is 3.90. The van der Waals surface area contributed by atoms with Crippen LogP contribution < -0.4 is 10.1 Å². The van der Waals surface area contributed by atoms with Crippen molar-refractivity contribution in [1.82, 2.24) is 10.3 Å². The molecular weight excluding hydrogens is 224 g/mol. The number of fused-ring (bicyclic) bond motifs is 2. The molecule has 4 atom stereocenters. The first-order chi connectivity index (χ1) is 8.48. The molecule has 2 fully saturated rings. The van der Waals surface area contributed by atoms with E-state index in [0.717, 1.165) is 6.42 Å². The molecule has 3 nitrogen and oxygen atoms in total. The molecule has 0 radical (unpaired) electrons. The topological polar surface area (TPSA) is 34.1 Å². The van der Waals surface area contributed by atoms with Gasteiger partial charge in [-0.15, -0.1) is 0 Å². The van der Waals surface area contributed by atoms with Gasteiger partial charge in [0.2, 0.25) is 5.88 Å². The van der Waals surface area contributed by atoms with E-state index in [9.17, 15) is 0 Å². The lowest BCUT2D eigenvalue weighted by Crippen LogP contribution is -2.44. The molecule has 3 rings (SSSR count). The van der Waals surface area contributed by atoms with Crippen molar-refractivity contribution in [3.8, 4) is 5.88 Å². The van der Waals surface area contributed by atoms with Crippen LogP contribution >= 0.6 is 11.6 Å². The molecule has 0 amide bonds. The fourth-order valence-corrected chi connectivity index (χ4v) is 2.54. The van der Waals surface area contributed by atoms with Gasteiger partial charge in [-0.05, 0) is 31.7 Å². The fraction of sp³-hybridized carbons (Fsp3) is 0.583. The molecule has 0 spiro atoms. The highest BCUT2D eigenvalue weighted by atomic mass is 35.5. The Balaban J connectivity index is 1.79. The zero-order valence-corrected chi connectivity index (χ0v) is 9.74.